The molecule has 1 aliphatic rings. The highest BCUT2D eigenvalue weighted by atomic mass is 16.2. The van der Waals surface area contributed by atoms with Crippen LogP contribution in [0.25, 0.3) is 22.3 Å². The van der Waals surface area contributed by atoms with Gasteiger partial charge in [-0.1, -0.05) is 84.9 Å². The molecule has 0 saturated carbocycles. The lowest BCUT2D eigenvalue weighted by atomic mass is 10.0. The molecule has 0 unspecified atom stereocenters. The standard InChI is InChI=1S/C29H26N2O/c32-29(28-12-7-21-30-28)31(26-17-13-24(14-18-26)22-8-3-1-4-9-22)27-19-15-25(16-20-27)23-10-5-2-6-11-23/h1-6,8-11,13-20,28,30H,7,12,21H2/t28-/m0/s1. The Kier molecular flexibility index (Phi) is 5.82. The van der Waals surface area contributed by atoms with Crippen LogP contribution < -0.4 is 10.2 Å². The van der Waals surface area contributed by atoms with Gasteiger partial charge in [0.1, 0.15) is 0 Å². The van der Waals surface area contributed by atoms with E-state index in [-0.39, 0.29) is 11.9 Å². The largest absolute Gasteiger partial charge is 0.306 e. The second-order valence-corrected chi connectivity index (χ2v) is 8.15. The summed E-state index contributed by atoms with van der Waals surface area (Å²) in [6, 6.07) is 37.0. The summed E-state index contributed by atoms with van der Waals surface area (Å²) in [6.07, 6.45) is 1.91. The summed E-state index contributed by atoms with van der Waals surface area (Å²) in [4.78, 5) is 15.4. The molecule has 1 fully saturated rings. The van der Waals surface area contributed by atoms with E-state index in [0.29, 0.717) is 0 Å². The Morgan fingerprint density at radius 1 is 0.625 bits per heavy atom. The number of hydrogen-bond donors (Lipinski definition) is 1. The Bertz CT molecular complexity index is 1080. The molecule has 1 amide bonds. The summed E-state index contributed by atoms with van der Waals surface area (Å²) < 4.78 is 0. The molecule has 4 aromatic rings. The monoisotopic (exact) mass is 418 g/mol. The first-order valence-electron chi connectivity index (χ1n) is 11.2. The van der Waals surface area contributed by atoms with Gasteiger partial charge in [0.05, 0.1) is 6.04 Å². The molecule has 32 heavy (non-hydrogen) atoms. The zero-order chi connectivity index (χ0) is 21.8. The summed E-state index contributed by atoms with van der Waals surface area (Å²) >= 11 is 0. The van der Waals surface area contributed by atoms with Crippen molar-refractivity contribution < 1.29 is 4.79 Å². The first-order valence-corrected chi connectivity index (χ1v) is 11.2. The molecule has 1 atom stereocenters. The third kappa shape index (κ3) is 4.20. The summed E-state index contributed by atoms with van der Waals surface area (Å²) in [5, 5.41) is 3.36. The average molecular weight is 419 g/mol. The van der Waals surface area contributed by atoms with E-state index < -0.39 is 0 Å². The van der Waals surface area contributed by atoms with Crippen molar-refractivity contribution in [2.24, 2.45) is 0 Å². The number of carbonyl (C=O) groups is 1. The minimum Gasteiger partial charge on any atom is -0.306 e. The van der Waals surface area contributed by atoms with Crippen molar-refractivity contribution >= 4 is 17.3 Å². The number of nitrogens with one attached hydrogen (secondary N) is 1. The smallest absolute Gasteiger partial charge is 0.248 e. The highest BCUT2D eigenvalue weighted by Crippen LogP contribution is 2.31. The van der Waals surface area contributed by atoms with Gasteiger partial charge in [-0.05, 0) is 65.9 Å². The minimum atomic E-state index is -0.141. The normalized spacial score (nSPS) is 15.4. The van der Waals surface area contributed by atoms with Gasteiger partial charge >= 0.3 is 0 Å². The maximum Gasteiger partial charge on any atom is 0.248 e. The molecular weight excluding hydrogens is 392 g/mol. The first-order chi connectivity index (χ1) is 15.8. The fourth-order valence-electron chi connectivity index (χ4n) is 4.32. The Balaban J connectivity index is 1.49. The predicted octanol–water partition coefficient (Wildman–Crippen LogP) is 6.44. The highest BCUT2D eigenvalue weighted by Gasteiger charge is 2.29. The Hall–Kier alpha value is -3.69. The van der Waals surface area contributed by atoms with E-state index in [9.17, 15) is 4.79 Å². The number of nitrogens with zero attached hydrogens (tertiary/aromatic N) is 1. The second kappa shape index (κ2) is 9.21. The third-order valence-corrected chi connectivity index (χ3v) is 6.04. The van der Waals surface area contributed by atoms with Crippen molar-refractivity contribution in [3.05, 3.63) is 109 Å². The van der Waals surface area contributed by atoms with Gasteiger partial charge in [0.25, 0.3) is 0 Å². The van der Waals surface area contributed by atoms with Crippen LogP contribution in [0.4, 0.5) is 11.4 Å². The van der Waals surface area contributed by atoms with Gasteiger partial charge in [-0.2, -0.15) is 0 Å². The number of amides is 1. The molecule has 0 aliphatic carbocycles. The second-order valence-electron chi connectivity index (χ2n) is 8.15. The zero-order valence-corrected chi connectivity index (χ0v) is 17.9. The maximum absolute atomic E-state index is 13.5. The lowest BCUT2D eigenvalue weighted by Gasteiger charge is -2.26. The summed E-state index contributed by atoms with van der Waals surface area (Å²) in [5.74, 6) is 0.0995. The minimum absolute atomic E-state index is 0.0995. The maximum atomic E-state index is 13.5. The lowest BCUT2D eigenvalue weighted by Crippen LogP contribution is -2.41. The third-order valence-electron chi connectivity index (χ3n) is 6.04. The van der Waals surface area contributed by atoms with Crippen LogP contribution in [-0.4, -0.2) is 18.5 Å². The number of rotatable bonds is 5. The van der Waals surface area contributed by atoms with E-state index in [1.54, 1.807) is 0 Å². The molecule has 1 aliphatic heterocycles. The number of carbonyl (C=O) groups excluding carboxylic acids is 1. The molecule has 1 saturated heterocycles. The quantitative estimate of drug-likeness (QED) is 0.405. The van der Waals surface area contributed by atoms with Crippen LogP contribution in [0.3, 0.4) is 0 Å². The van der Waals surface area contributed by atoms with Gasteiger partial charge in [-0.3, -0.25) is 9.69 Å². The summed E-state index contributed by atoms with van der Waals surface area (Å²) in [7, 11) is 0. The number of benzene rings is 4. The van der Waals surface area contributed by atoms with Gasteiger partial charge in [-0.15, -0.1) is 0 Å². The zero-order valence-electron chi connectivity index (χ0n) is 17.9. The molecule has 3 heteroatoms. The molecule has 0 aromatic heterocycles. The Morgan fingerprint density at radius 3 is 1.47 bits per heavy atom. The van der Waals surface area contributed by atoms with Crippen LogP contribution in [0.15, 0.2) is 109 Å². The van der Waals surface area contributed by atoms with E-state index in [4.69, 9.17) is 0 Å². The molecule has 0 radical (unpaired) electrons. The topological polar surface area (TPSA) is 32.3 Å². The van der Waals surface area contributed by atoms with Gasteiger partial charge < -0.3 is 5.32 Å². The van der Waals surface area contributed by atoms with Crippen molar-refractivity contribution in [3.63, 3.8) is 0 Å². The molecule has 1 N–H and O–H groups in total. The Morgan fingerprint density at radius 2 is 1.06 bits per heavy atom. The van der Waals surface area contributed by atoms with Gasteiger partial charge in [0.15, 0.2) is 0 Å². The van der Waals surface area contributed by atoms with E-state index >= 15 is 0 Å². The molecule has 5 rings (SSSR count). The van der Waals surface area contributed by atoms with Gasteiger partial charge in [-0.25, -0.2) is 0 Å². The van der Waals surface area contributed by atoms with Gasteiger partial charge in [0.2, 0.25) is 5.91 Å². The van der Waals surface area contributed by atoms with Crippen molar-refractivity contribution in [2.45, 2.75) is 18.9 Å². The fraction of sp³-hybridized carbons (Fsp3) is 0.138. The molecule has 0 bridgehead atoms. The van der Waals surface area contributed by atoms with Crippen molar-refractivity contribution in [3.8, 4) is 22.3 Å². The van der Waals surface area contributed by atoms with Crippen LogP contribution >= 0.6 is 0 Å². The van der Waals surface area contributed by atoms with Gasteiger partial charge in [0, 0.05) is 11.4 Å². The molecular formula is C29H26N2O. The van der Waals surface area contributed by atoms with E-state index in [1.165, 1.54) is 11.1 Å². The summed E-state index contributed by atoms with van der Waals surface area (Å²) in [6.45, 7) is 0.893. The van der Waals surface area contributed by atoms with Crippen LogP contribution in [-0.2, 0) is 4.79 Å². The average Bonchev–Trinajstić information content (AvgIpc) is 3.41. The van der Waals surface area contributed by atoms with Crippen LogP contribution in [0.2, 0.25) is 0 Å². The lowest BCUT2D eigenvalue weighted by molar-refractivity contribution is -0.119. The number of hydrogen-bond acceptors (Lipinski definition) is 2. The summed E-state index contributed by atoms with van der Waals surface area (Å²) in [5.41, 5.74) is 6.38. The van der Waals surface area contributed by atoms with Crippen molar-refractivity contribution in [1.29, 1.82) is 0 Å². The van der Waals surface area contributed by atoms with E-state index in [0.717, 1.165) is 41.9 Å². The van der Waals surface area contributed by atoms with Crippen LogP contribution in [0.1, 0.15) is 12.8 Å². The molecule has 0 spiro atoms. The van der Waals surface area contributed by atoms with E-state index in [2.05, 4.69) is 53.8 Å². The molecule has 158 valence electrons. The Labute approximate surface area is 189 Å². The molecule has 1 heterocycles. The van der Waals surface area contributed by atoms with Crippen molar-refractivity contribution in [1.82, 2.24) is 5.32 Å². The predicted molar refractivity (Wildman–Crippen MR) is 132 cm³/mol. The molecule has 3 nitrogen and oxygen atoms in total. The molecule has 4 aromatic carbocycles. The first kappa shape index (κ1) is 20.2. The fourth-order valence-corrected chi connectivity index (χ4v) is 4.32. The van der Waals surface area contributed by atoms with Crippen LogP contribution in [0.5, 0.6) is 0 Å². The SMILES string of the molecule is O=C([C@@H]1CCCN1)N(c1ccc(-c2ccccc2)cc1)c1ccc(-c2ccccc2)cc1. The number of anilines is 2. The highest BCUT2D eigenvalue weighted by molar-refractivity contribution is 6.04. The van der Waals surface area contributed by atoms with Crippen LogP contribution in [0, 0.1) is 0 Å². The van der Waals surface area contributed by atoms with Crippen molar-refractivity contribution in [2.75, 3.05) is 11.4 Å². The van der Waals surface area contributed by atoms with E-state index in [1.807, 2.05) is 65.6 Å².